The zero-order valence-corrected chi connectivity index (χ0v) is 9.28. The van der Waals surface area contributed by atoms with E-state index in [0.29, 0.717) is 24.3 Å². The highest BCUT2D eigenvalue weighted by molar-refractivity contribution is 4.87. The average molecular weight is 198 g/mol. The van der Waals surface area contributed by atoms with Gasteiger partial charge in [-0.2, -0.15) is 0 Å². The van der Waals surface area contributed by atoms with E-state index in [-0.39, 0.29) is 0 Å². The molecule has 2 aliphatic rings. The molecular weight excluding hydrogens is 176 g/mol. The monoisotopic (exact) mass is 198 g/mol. The predicted molar refractivity (Wildman–Crippen MR) is 57.2 cm³/mol. The van der Waals surface area contributed by atoms with Crippen LogP contribution < -0.4 is 5.73 Å². The molecule has 0 aromatic carbocycles. The molecule has 0 bridgehead atoms. The van der Waals surface area contributed by atoms with Crippen molar-refractivity contribution in [3.05, 3.63) is 0 Å². The van der Waals surface area contributed by atoms with Crippen LogP contribution in [0.2, 0.25) is 0 Å². The molecule has 0 radical (unpaired) electrons. The van der Waals surface area contributed by atoms with Gasteiger partial charge in [-0.05, 0) is 33.1 Å². The van der Waals surface area contributed by atoms with Crippen molar-refractivity contribution >= 4 is 0 Å². The molecule has 0 saturated carbocycles. The highest BCUT2D eigenvalue weighted by Crippen LogP contribution is 2.25. The molecule has 0 amide bonds. The van der Waals surface area contributed by atoms with Gasteiger partial charge in [0.1, 0.15) is 0 Å². The van der Waals surface area contributed by atoms with Gasteiger partial charge in [0, 0.05) is 25.2 Å². The van der Waals surface area contributed by atoms with Crippen LogP contribution in [-0.2, 0) is 4.74 Å². The Morgan fingerprint density at radius 1 is 1.21 bits per heavy atom. The predicted octanol–water partition coefficient (Wildman–Crippen LogP) is 0.975. The van der Waals surface area contributed by atoms with Crippen molar-refractivity contribution < 1.29 is 4.74 Å². The fourth-order valence-corrected chi connectivity index (χ4v) is 2.82. The molecule has 2 aliphatic heterocycles. The Morgan fingerprint density at radius 2 is 1.86 bits per heavy atom. The van der Waals surface area contributed by atoms with Gasteiger partial charge in [0.25, 0.3) is 0 Å². The second-order valence-corrected chi connectivity index (χ2v) is 4.93. The quantitative estimate of drug-likeness (QED) is 0.682. The SMILES string of the molecule is CC1CC(N2CCC(N)C2)CC(C)O1. The fraction of sp³-hybridized carbons (Fsp3) is 1.00. The van der Waals surface area contributed by atoms with Crippen LogP contribution in [0.15, 0.2) is 0 Å². The van der Waals surface area contributed by atoms with Gasteiger partial charge in [0.2, 0.25) is 0 Å². The molecule has 0 spiro atoms. The van der Waals surface area contributed by atoms with Gasteiger partial charge in [-0.3, -0.25) is 4.90 Å². The summed E-state index contributed by atoms with van der Waals surface area (Å²) in [5, 5.41) is 0. The number of nitrogens with zero attached hydrogens (tertiary/aromatic N) is 1. The van der Waals surface area contributed by atoms with Crippen LogP contribution in [-0.4, -0.2) is 42.3 Å². The summed E-state index contributed by atoms with van der Waals surface area (Å²) in [6, 6.07) is 1.12. The van der Waals surface area contributed by atoms with Crippen molar-refractivity contribution in [1.29, 1.82) is 0 Å². The molecule has 3 nitrogen and oxygen atoms in total. The summed E-state index contributed by atoms with van der Waals surface area (Å²) in [5.74, 6) is 0. The Bertz CT molecular complexity index is 188. The minimum absolute atomic E-state index is 0.406. The van der Waals surface area contributed by atoms with Crippen LogP contribution in [0.4, 0.5) is 0 Å². The molecule has 2 N–H and O–H groups in total. The minimum Gasteiger partial charge on any atom is -0.375 e. The Kier molecular flexibility index (Phi) is 3.10. The highest BCUT2D eigenvalue weighted by Gasteiger charge is 2.32. The van der Waals surface area contributed by atoms with Gasteiger partial charge in [0.15, 0.2) is 0 Å². The Labute approximate surface area is 86.6 Å². The summed E-state index contributed by atoms with van der Waals surface area (Å²) >= 11 is 0. The van der Waals surface area contributed by atoms with E-state index in [9.17, 15) is 0 Å². The van der Waals surface area contributed by atoms with Crippen LogP contribution >= 0.6 is 0 Å². The third-order valence-electron chi connectivity index (χ3n) is 3.45. The number of hydrogen-bond acceptors (Lipinski definition) is 3. The van der Waals surface area contributed by atoms with Gasteiger partial charge >= 0.3 is 0 Å². The molecule has 0 aromatic heterocycles. The molecule has 3 atom stereocenters. The van der Waals surface area contributed by atoms with Gasteiger partial charge in [-0.15, -0.1) is 0 Å². The lowest BCUT2D eigenvalue weighted by Crippen LogP contribution is -2.44. The fourth-order valence-electron chi connectivity index (χ4n) is 2.82. The lowest BCUT2D eigenvalue weighted by molar-refractivity contribution is -0.0618. The second kappa shape index (κ2) is 4.17. The Balaban J connectivity index is 1.90. The summed E-state index contributed by atoms with van der Waals surface area (Å²) in [4.78, 5) is 2.56. The Morgan fingerprint density at radius 3 is 2.36 bits per heavy atom. The molecule has 2 saturated heterocycles. The van der Waals surface area contributed by atoms with Crippen molar-refractivity contribution in [2.45, 2.75) is 57.4 Å². The zero-order valence-electron chi connectivity index (χ0n) is 9.28. The number of hydrogen-bond donors (Lipinski definition) is 1. The summed E-state index contributed by atoms with van der Waals surface area (Å²) in [6.45, 7) is 6.63. The van der Waals surface area contributed by atoms with Crippen molar-refractivity contribution in [2.24, 2.45) is 5.73 Å². The molecule has 2 fully saturated rings. The number of ether oxygens (including phenoxy) is 1. The average Bonchev–Trinajstić information content (AvgIpc) is 2.50. The molecule has 2 heterocycles. The first kappa shape index (κ1) is 10.4. The van der Waals surface area contributed by atoms with Gasteiger partial charge in [-0.1, -0.05) is 0 Å². The van der Waals surface area contributed by atoms with Crippen molar-refractivity contribution in [3.63, 3.8) is 0 Å². The van der Waals surface area contributed by atoms with Crippen LogP contribution in [0.1, 0.15) is 33.1 Å². The molecule has 0 aliphatic carbocycles. The summed E-state index contributed by atoms with van der Waals surface area (Å²) in [7, 11) is 0. The lowest BCUT2D eigenvalue weighted by atomic mass is 9.99. The van der Waals surface area contributed by atoms with Gasteiger partial charge in [0.05, 0.1) is 12.2 Å². The summed E-state index contributed by atoms with van der Waals surface area (Å²) in [5.41, 5.74) is 5.93. The van der Waals surface area contributed by atoms with E-state index in [4.69, 9.17) is 10.5 Å². The van der Waals surface area contributed by atoms with Crippen molar-refractivity contribution in [3.8, 4) is 0 Å². The number of rotatable bonds is 1. The first-order valence-corrected chi connectivity index (χ1v) is 5.80. The third-order valence-corrected chi connectivity index (χ3v) is 3.45. The zero-order chi connectivity index (χ0) is 10.1. The van der Waals surface area contributed by atoms with Crippen molar-refractivity contribution in [1.82, 2.24) is 4.90 Å². The van der Waals surface area contributed by atoms with Crippen LogP contribution in [0.5, 0.6) is 0 Å². The van der Waals surface area contributed by atoms with Gasteiger partial charge in [-0.25, -0.2) is 0 Å². The first-order valence-electron chi connectivity index (χ1n) is 5.80. The van der Waals surface area contributed by atoms with E-state index >= 15 is 0 Å². The summed E-state index contributed by atoms with van der Waals surface area (Å²) in [6.07, 6.45) is 4.36. The maximum Gasteiger partial charge on any atom is 0.0565 e. The smallest absolute Gasteiger partial charge is 0.0565 e. The van der Waals surface area contributed by atoms with E-state index in [1.807, 2.05) is 0 Å². The molecule has 2 rings (SSSR count). The minimum atomic E-state index is 0.406. The topological polar surface area (TPSA) is 38.5 Å². The van der Waals surface area contributed by atoms with E-state index in [2.05, 4.69) is 18.7 Å². The standard InChI is InChI=1S/C11H22N2O/c1-8-5-11(6-9(2)14-8)13-4-3-10(12)7-13/h8-11H,3-7,12H2,1-2H3. The highest BCUT2D eigenvalue weighted by atomic mass is 16.5. The van der Waals surface area contributed by atoms with Gasteiger partial charge < -0.3 is 10.5 Å². The maximum absolute atomic E-state index is 5.93. The van der Waals surface area contributed by atoms with Crippen LogP contribution in [0, 0.1) is 0 Å². The normalized spacial score (nSPS) is 45.6. The Hall–Kier alpha value is -0.120. The lowest BCUT2D eigenvalue weighted by Gasteiger charge is -2.37. The number of likely N-dealkylation sites (tertiary alicyclic amines) is 1. The third kappa shape index (κ3) is 2.27. The molecule has 14 heavy (non-hydrogen) atoms. The van der Waals surface area contributed by atoms with Crippen LogP contribution in [0.3, 0.4) is 0 Å². The maximum atomic E-state index is 5.93. The molecule has 3 unspecified atom stereocenters. The second-order valence-electron chi connectivity index (χ2n) is 4.93. The molecular formula is C11H22N2O. The molecule has 82 valence electrons. The van der Waals surface area contributed by atoms with E-state index < -0.39 is 0 Å². The number of nitrogens with two attached hydrogens (primary N) is 1. The van der Waals surface area contributed by atoms with E-state index in [1.165, 1.54) is 25.8 Å². The first-order chi connectivity index (χ1) is 6.65. The largest absolute Gasteiger partial charge is 0.375 e. The van der Waals surface area contributed by atoms with E-state index in [0.717, 1.165) is 6.54 Å². The van der Waals surface area contributed by atoms with Crippen LogP contribution in [0.25, 0.3) is 0 Å². The summed E-state index contributed by atoms with van der Waals surface area (Å²) < 4.78 is 5.74. The van der Waals surface area contributed by atoms with E-state index in [1.54, 1.807) is 0 Å². The van der Waals surface area contributed by atoms with Crippen molar-refractivity contribution in [2.75, 3.05) is 13.1 Å². The molecule has 3 heteroatoms. The molecule has 0 aromatic rings.